The number of carbonyl (C=O) groups is 1. The molecule has 1 aliphatic heterocycles. The van der Waals surface area contributed by atoms with Crippen LogP contribution in [0.5, 0.6) is 0 Å². The van der Waals surface area contributed by atoms with Gasteiger partial charge < -0.3 is 10.2 Å². The largest absolute Gasteiger partial charge is 0.354 e. The van der Waals surface area contributed by atoms with Crippen LogP contribution in [-0.2, 0) is 4.79 Å². The molecule has 2 rings (SSSR count). The molecule has 74 valence electrons. The Hall–Kier alpha value is -0.570. The van der Waals surface area contributed by atoms with Crippen LogP contribution in [0.25, 0.3) is 0 Å². The van der Waals surface area contributed by atoms with Crippen molar-refractivity contribution in [3.8, 4) is 0 Å². The second kappa shape index (κ2) is 3.66. The Morgan fingerprint density at radius 3 is 2.77 bits per heavy atom. The molecule has 1 N–H and O–H groups in total. The summed E-state index contributed by atoms with van der Waals surface area (Å²) in [7, 11) is 2.14. The second-order valence-electron chi connectivity index (χ2n) is 4.30. The number of likely N-dealkylation sites (tertiary alicyclic amines) is 1. The van der Waals surface area contributed by atoms with E-state index in [1.165, 1.54) is 19.4 Å². The lowest BCUT2D eigenvalue weighted by Crippen LogP contribution is -2.38. The smallest absolute Gasteiger partial charge is 0.223 e. The van der Waals surface area contributed by atoms with Crippen molar-refractivity contribution in [2.24, 2.45) is 5.92 Å². The van der Waals surface area contributed by atoms with Gasteiger partial charge in [-0.25, -0.2) is 0 Å². The Labute approximate surface area is 79.5 Å². The van der Waals surface area contributed by atoms with Crippen LogP contribution in [-0.4, -0.2) is 37.0 Å². The molecule has 3 heteroatoms. The highest BCUT2D eigenvalue weighted by Crippen LogP contribution is 2.28. The van der Waals surface area contributed by atoms with E-state index in [9.17, 15) is 4.79 Å². The summed E-state index contributed by atoms with van der Waals surface area (Å²) in [5.74, 6) is 0.631. The zero-order valence-corrected chi connectivity index (χ0v) is 8.25. The number of nitrogens with one attached hydrogen (secondary N) is 1. The van der Waals surface area contributed by atoms with Gasteiger partial charge in [-0.3, -0.25) is 4.79 Å². The van der Waals surface area contributed by atoms with E-state index < -0.39 is 0 Å². The Morgan fingerprint density at radius 2 is 2.23 bits per heavy atom. The summed E-state index contributed by atoms with van der Waals surface area (Å²) in [6, 6.07) is 0.586. The Morgan fingerprint density at radius 1 is 1.46 bits per heavy atom. The minimum atomic E-state index is 0.278. The molecule has 1 aliphatic carbocycles. The predicted molar refractivity (Wildman–Crippen MR) is 51.4 cm³/mol. The molecule has 0 aromatic rings. The maximum atomic E-state index is 11.3. The lowest BCUT2D eigenvalue weighted by Gasteiger charge is -2.19. The summed E-state index contributed by atoms with van der Waals surface area (Å²) in [6.07, 6.45) is 4.72. The number of carbonyl (C=O) groups excluding carboxylic acids is 1. The Bertz CT molecular complexity index is 201. The first kappa shape index (κ1) is 9.00. The molecule has 3 nitrogen and oxygen atoms in total. The van der Waals surface area contributed by atoms with Gasteiger partial charge in [-0.05, 0) is 39.3 Å². The van der Waals surface area contributed by atoms with E-state index in [4.69, 9.17) is 0 Å². The molecule has 1 saturated heterocycles. The van der Waals surface area contributed by atoms with E-state index in [1.807, 2.05) is 0 Å². The van der Waals surface area contributed by atoms with Crippen LogP contribution in [0.2, 0.25) is 0 Å². The average Bonchev–Trinajstić information content (AvgIpc) is 2.88. The number of likely N-dealkylation sites (N-methyl/N-ethyl adjacent to an activating group) is 1. The van der Waals surface area contributed by atoms with Gasteiger partial charge in [-0.15, -0.1) is 0 Å². The lowest BCUT2D eigenvalue weighted by molar-refractivity contribution is -0.122. The third-order valence-electron chi connectivity index (χ3n) is 3.13. The molecule has 13 heavy (non-hydrogen) atoms. The van der Waals surface area contributed by atoms with Gasteiger partial charge in [0.15, 0.2) is 0 Å². The molecule has 0 radical (unpaired) electrons. The molecule has 1 amide bonds. The molecular weight excluding hydrogens is 164 g/mol. The molecule has 0 aromatic heterocycles. The zero-order chi connectivity index (χ0) is 9.26. The van der Waals surface area contributed by atoms with E-state index in [0.29, 0.717) is 12.0 Å². The highest BCUT2D eigenvalue weighted by molar-refractivity contribution is 5.80. The van der Waals surface area contributed by atoms with Gasteiger partial charge in [0.05, 0.1) is 0 Å². The van der Waals surface area contributed by atoms with Crippen molar-refractivity contribution in [2.75, 3.05) is 20.1 Å². The predicted octanol–water partition coefficient (Wildman–Crippen LogP) is 0.607. The molecule has 0 bridgehead atoms. The monoisotopic (exact) mass is 182 g/mol. The van der Waals surface area contributed by atoms with E-state index in [2.05, 4.69) is 17.3 Å². The molecular formula is C10H18N2O. The first-order valence-electron chi connectivity index (χ1n) is 5.25. The number of amides is 1. The molecule has 1 atom stereocenters. The van der Waals surface area contributed by atoms with Crippen molar-refractivity contribution in [1.82, 2.24) is 10.2 Å². The molecule has 2 fully saturated rings. The summed E-state index contributed by atoms with van der Waals surface area (Å²) in [5.41, 5.74) is 0. The number of hydrogen-bond acceptors (Lipinski definition) is 2. The quantitative estimate of drug-likeness (QED) is 0.693. The summed E-state index contributed by atoms with van der Waals surface area (Å²) >= 11 is 0. The number of rotatable bonds is 3. The first-order chi connectivity index (χ1) is 6.27. The fourth-order valence-corrected chi connectivity index (χ4v) is 1.95. The minimum Gasteiger partial charge on any atom is -0.354 e. The van der Waals surface area contributed by atoms with Crippen LogP contribution in [0.15, 0.2) is 0 Å². The highest BCUT2D eigenvalue weighted by Gasteiger charge is 2.30. The Balaban J connectivity index is 1.68. The maximum Gasteiger partial charge on any atom is 0.223 e. The maximum absolute atomic E-state index is 11.3. The second-order valence-corrected chi connectivity index (χ2v) is 4.30. The SMILES string of the molecule is CN1CCC[C@@H]1CNC(=O)C1CC1. The number of hydrogen-bond donors (Lipinski definition) is 1. The van der Waals surface area contributed by atoms with Crippen molar-refractivity contribution < 1.29 is 4.79 Å². The van der Waals surface area contributed by atoms with Crippen LogP contribution in [0.4, 0.5) is 0 Å². The first-order valence-corrected chi connectivity index (χ1v) is 5.25. The van der Waals surface area contributed by atoms with Gasteiger partial charge in [0, 0.05) is 18.5 Å². The third kappa shape index (κ3) is 2.21. The van der Waals surface area contributed by atoms with E-state index in [-0.39, 0.29) is 5.91 Å². The van der Waals surface area contributed by atoms with Crippen LogP contribution in [0.3, 0.4) is 0 Å². The van der Waals surface area contributed by atoms with Crippen LogP contribution in [0, 0.1) is 5.92 Å². The van der Waals surface area contributed by atoms with Crippen molar-refractivity contribution in [3.63, 3.8) is 0 Å². The third-order valence-corrected chi connectivity index (χ3v) is 3.13. The zero-order valence-electron chi connectivity index (χ0n) is 8.25. The van der Waals surface area contributed by atoms with Crippen LogP contribution >= 0.6 is 0 Å². The van der Waals surface area contributed by atoms with Crippen molar-refractivity contribution in [1.29, 1.82) is 0 Å². The lowest BCUT2D eigenvalue weighted by atomic mass is 10.2. The van der Waals surface area contributed by atoms with Crippen LogP contribution < -0.4 is 5.32 Å². The molecule has 0 unspecified atom stereocenters. The molecule has 0 aromatic carbocycles. The summed E-state index contributed by atoms with van der Waals surface area (Å²) in [5, 5.41) is 3.04. The molecule has 1 heterocycles. The Kier molecular flexibility index (Phi) is 2.54. The minimum absolute atomic E-state index is 0.278. The summed E-state index contributed by atoms with van der Waals surface area (Å²) in [6.45, 7) is 2.04. The molecule has 2 aliphatic rings. The van der Waals surface area contributed by atoms with Crippen LogP contribution in [0.1, 0.15) is 25.7 Å². The number of nitrogens with zero attached hydrogens (tertiary/aromatic N) is 1. The van der Waals surface area contributed by atoms with Gasteiger partial charge in [0.1, 0.15) is 0 Å². The van der Waals surface area contributed by atoms with E-state index in [0.717, 1.165) is 19.4 Å². The summed E-state index contributed by atoms with van der Waals surface area (Å²) < 4.78 is 0. The molecule has 1 saturated carbocycles. The van der Waals surface area contributed by atoms with E-state index in [1.54, 1.807) is 0 Å². The van der Waals surface area contributed by atoms with E-state index >= 15 is 0 Å². The normalized spacial score (nSPS) is 29.2. The van der Waals surface area contributed by atoms with Crippen molar-refractivity contribution in [2.45, 2.75) is 31.7 Å². The van der Waals surface area contributed by atoms with Crippen molar-refractivity contribution in [3.05, 3.63) is 0 Å². The molecule has 0 spiro atoms. The van der Waals surface area contributed by atoms with Gasteiger partial charge in [-0.1, -0.05) is 0 Å². The van der Waals surface area contributed by atoms with Crippen molar-refractivity contribution >= 4 is 5.91 Å². The van der Waals surface area contributed by atoms with Gasteiger partial charge in [0.25, 0.3) is 0 Å². The van der Waals surface area contributed by atoms with Gasteiger partial charge in [0.2, 0.25) is 5.91 Å². The summed E-state index contributed by atoms with van der Waals surface area (Å²) in [4.78, 5) is 13.7. The van der Waals surface area contributed by atoms with Gasteiger partial charge in [-0.2, -0.15) is 0 Å². The van der Waals surface area contributed by atoms with Gasteiger partial charge >= 0.3 is 0 Å². The fraction of sp³-hybridized carbons (Fsp3) is 0.900. The average molecular weight is 182 g/mol. The topological polar surface area (TPSA) is 32.3 Å². The standard InChI is InChI=1S/C10H18N2O/c1-12-6-2-3-9(12)7-11-10(13)8-4-5-8/h8-9H,2-7H2,1H3,(H,11,13)/t9-/m1/s1. The fourth-order valence-electron chi connectivity index (χ4n) is 1.95. The highest BCUT2D eigenvalue weighted by atomic mass is 16.2.